The number of hydrogen-bond acceptors (Lipinski definition) is 3. The fraction of sp³-hybridized carbons (Fsp3) is 0.600. The van der Waals surface area contributed by atoms with Crippen LogP contribution in [-0.2, 0) is 19.4 Å². The minimum absolute atomic E-state index is 0.352. The Morgan fingerprint density at radius 1 is 1.42 bits per heavy atom. The Hall–Kier alpha value is -0.835. The van der Waals surface area contributed by atoms with E-state index < -0.39 is 0 Å². The SMILES string of the molecule is CCCN(B(C)O)C1CCc2cc(CN)ccc2C1. The van der Waals surface area contributed by atoms with Gasteiger partial charge in [0.25, 0.3) is 0 Å². The molecule has 0 bridgehead atoms. The molecule has 0 fully saturated rings. The largest absolute Gasteiger partial charge is 0.437 e. The van der Waals surface area contributed by atoms with Crippen molar-refractivity contribution in [2.75, 3.05) is 6.54 Å². The molecule has 2 rings (SSSR count). The van der Waals surface area contributed by atoms with Gasteiger partial charge >= 0.3 is 7.05 Å². The third kappa shape index (κ3) is 3.38. The molecule has 3 nitrogen and oxygen atoms in total. The zero-order chi connectivity index (χ0) is 13.8. The van der Waals surface area contributed by atoms with Crippen molar-refractivity contribution in [3.05, 3.63) is 34.9 Å². The average Bonchev–Trinajstić information content (AvgIpc) is 2.43. The average molecular weight is 260 g/mol. The quantitative estimate of drug-likeness (QED) is 0.794. The zero-order valence-electron chi connectivity index (χ0n) is 12.1. The highest BCUT2D eigenvalue weighted by Crippen LogP contribution is 2.26. The zero-order valence-corrected chi connectivity index (χ0v) is 12.1. The Labute approximate surface area is 116 Å². The lowest BCUT2D eigenvalue weighted by Crippen LogP contribution is -2.47. The molecule has 0 amide bonds. The number of benzene rings is 1. The number of hydrogen-bond donors (Lipinski definition) is 2. The Balaban J connectivity index is 2.12. The molecule has 1 aliphatic carbocycles. The summed E-state index contributed by atoms with van der Waals surface area (Å²) in [4.78, 5) is 2.24. The van der Waals surface area contributed by atoms with E-state index in [2.05, 4.69) is 29.9 Å². The molecule has 0 radical (unpaired) electrons. The van der Waals surface area contributed by atoms with Gasteiger partial charge in [0.1, 0.15) is 0 Å². The van der Waals surface area contributed by atoms with Crippen LogP contribution in [0.2, 0.25) is 6.82 Å². The Morgan fingerprint density at radius 3 is 2.84 bits per heavy atom. The Kier molecular flexibility index (Phi) is 5.02. The van der Waals surface area contributed by atoms with Crippen LogP contribution in [0.3, 0.4) is 0 Å². The highest BCUT2D eigenvalue weighted by atomic mass is 16.2. The van der Waals surface area contributed by atoms with E-state index in [0.717, 1.165) is 32.2 Å². The van der Waals surface area contributed by atoms with E-state index >= 15 is 0 Å². The normalized spacial score (nSPS) is 18.5. The van der Waals surface area contributed by atoms with Crippen molar-refractivity contribution in [2.24, 2.45) is 5.73 Å². The third-order valence-electron chi connectivity index (χ3n) is 4.14. The van der Waals surface area contributed by atoms with Crippen molar-refractivity contribution in [3.8, 4) is 0 Å². The first-order valence-corrected chi connectivity index (χ1v) is 7.40. The van der Waals surface area contributed by atoms with Crippen LogP contribution in [0.5, 0.6) is 0 Å². The van der Waals surface area contributed by atoms with E-state index in [4.69, 9.17) is 5.73 Å². The van der Waals surface area contributed by atoms with Gasteiger partial charge in [-0.3, -0.25) is 0 Å². The molecule has 0 aliphatic heterocycles. The van der Waals surface area contributed by atoms with Crippen LogP contribution in [0.1, 0.15) is 36.5 Å². The fourth-order valence-corrected chi connectivity index (χ4v) is 3.13. The van der Waals surface area contributed by atoms with Crippen LogP contribution in [0.25, 0.3) is 0 Å². The van der Waals surface area contributed by atoms with E-state index in [1.54, 1.807) is 0 Å². The summed E-state index contributed by atoms with van der Waals surface area (Å²) in [5, 5.41) is 9.94. The van der Waals surface area contributed by atoms with Gasteiger partial charge in [-0.15, -0.1) is 0 Å². The van der Waals surface area contributed by atoms with Gasteiger partial charge in [-0.1, -0.05) is 25.1 Å². The van der Waals surface area contributed by atoms with Gasteiger partial charge in [0.05, 0.1) is 0 Å². The summed E-state index contributed by atoms with van der Waals surface area (Å²) in [7, 11) is -0.352. The summed E-state index contributed by atoms with van der Waals surface area (Å²) in [6.45, 7) is 5.63. The number of nitrogens with two attached hydrogens (primary N) is 1. The molecule has 1 aliphatic rings. The molecule has 4 heteroatoms. The molecule has 1 unspecified atom stereocenters. The van der Waals surface area contributed by atoms with Crippen molar-refractivity contribution in [1.82, 2.24) is 4.81 Å². The van der Waals surface area contributed by atoms with Crippen molar-refractivity contribution in [2.45, 2.75) is 52.0 Å². The van der Waals surface area contributed by atoms with Crippen LogP contribution < -0.4 is 5.73 Å². The minimum atomic E-state index is -0.352. The molecule has 104 valence electrons. The molecule has 1 aromatic rings. The van der Waals surface area contributed by atoms with Gasteiger partial charge in [-0.25, -0.2) is 0 Å². The van der Waals surface area contributed by atoms with Crippen molar-refractivity contribution in [1.29, 1.82) is 0 Å². The maximum Gasteiger partial charge on any atom is 0.376 e. The smallest absolute Gasteiger partial charge is 0.376 e. The standard InChI is InChI=1S/C15H25BN2O/c1-3-8-18(16(2)19)15-7-6-13-9-12(11-17)4-5-14(13)10-15/h4-5,9,15,19H,3,6-8,10-11,17H2,1-2H3. The molecule has 19 heavy (non-hydrogen) atoms. The molecule has 1 atom stereocenters. The maximum atomic E-state index is 9.94. The monoisotopic (exact) mass is 260 g/mol. The van der Waals surface area contributed by atoms with Crippen LogP contribution >= 0.6 is 0 Å². The van der Waals surface area contributed by atoms with Gasteiger partial charge in [0.15, 0.2) is 0 Å². The molecule has 0 aromatic heterocycles. The van der Waals surface area contributed by atoms with Gasteiger partial charge < -0.3 is 15.6 Å². The van der Waals surface area contributed by atoms with E-state index in [0.29, 0.717) is 12.6 Å². The highest BCUT2D eigenvalue weighted by Gasteiger charge is 2.28. The van der Waals surface area contributed by atoms with E-state index in [9.17, 15) is 5.02 Å². The fourth-order valence-electron chi connectivity index (χ4n) is 3.13. The van der Waals surface area contributed by atoms with E-state index in [1.165, 1.54) is 16.7 Å². The molecular formula is C15H25BN2O. The first kappa shape index (κ1) is 14.6. The lowest BCUT2D eigenvalue weighted by Gasteiger charge is -2.36. The molecule has 3 N–H and O–H groups in total. The Bertz CT molecular complexity index is 423. The number of nitrogens with zero attached hydrogens (tertiary/aromatic N) is 1. The summed E-state index contributed by atoms with van der Waals surface area (Å²) in [6.07, 6.45) is 4.36. The lowest BCUT2D eigenvalue weighted by molar-refractivity contribution is 0.261. The minimum Gasteiger partial charge on any atom is -0.437 e. The molecular weight excluding hydrogens is 235 g/mol. The molecule has 1 aromatic carbocycles. The highest BCUT2D eigenvalue weighted by molar-refractivity contribution is 6.45. The molecule has 0 saturated heterocycles. The van der Waals surface area contributed by atoms with Crippen LogP contribution in [0, 0.1) is 0 Å². The molecule has 0 saturated carbocycles. The first-order chi connectivity index (χ1) is 9.15. The molecule has 0 heterocycles. The van der Waals surface area contributed by atoms with Crippen molar-refractivity contribution >= 4 is 7.05 Å². The summed E-state index contributed by atoms with van der Waals surface area (Å²) in [5.74, 6) is 0. The summed E-state index contributed by atoms with van der Waals surface area (Å²) in [5.41, 5.74) is 9.79. The van der Waals surface area contributed by atoms with Gasteiger partial charge in [-0.05, 0) is 55.7 Å². The van der Waals surface area contributed by atoms with Crippen LogP contribution in [-0.4, -0.2) is 29.5 Å². The van der Waals surface area contributed by atoms with Crippen molar-refractivity contribution in [3.63, 3.8) is 0 Å². The number of aryl methyl sites for hydroxylation is 1. The second kappa shape index (κ2) is 6.55. The van der Waals surface area contributed by atoms with Crippen LogP contribution in [0.4, 0.5) is 0 Å². The van der Waals surface area contributed by atoms with Gasteiger partial charge in [0.2, 0.25) is 0 Å². The second-order valence-electron chi connectivity index (χ2n) is 5.57. The van der Waals surface area contributed by atoms with Gasteiger partial charge in [0, 0.05) is 12.6 Å². The van der Waals surface area contributed by atoms with Crippen molar-refractivity contribution < 1.29 is 5.02 Å². The van der Waals surface area contributed by atoms with Gasteiger partial charge in [-0.2, -0.15) is 0 Å². The summed E-state index contributed by atoms with van der Waals surface area (Å²) >= 11 is 0. The third-order valence-corrected chi connectivity index (χ3v) is 4.14. The van der Waals surface area contributed by atoms with E-state index in [1.807, 2.05) is 6.82 Å². The lowest BCUT2D eigenvalue weighted by atomic mass is 9.77. The molecule has 0 spiro atoms. The summed E-state index contributed by atoms with van der Waals surface area (Å²) in [6, 6.07) is 7.07. The predicted octanol–water partition coefficient (Wildman–Crippen LogP) is 1.82. The summed E-state index contributed by atoms with van der Waals surface area (Å²) < 4.78 is 0. The van der Waals surface area contributed by atoms with E-state index in [-0.39, 0.29) is 7.05 Å². The first-order valence-electron chi connectivity index (χ1n) is 7.40. The second-order valence-corrected chi connectivity index (χ2v) is 5.57. The number of rotatable bonds is 5. The topological polar surface area (TPSA) is 49.5 Å². The Morgan fingerprint density at radius 2 is 2.21 bits per heavy atom. The predicted molar refractivity (Wildman–Crippen MR) is 81.0 cm³/mol. The maximum absolute atomic E-state index is 9.94. The number of fused-ring (bicyclic) bond motifs is 1. The van der Waals surface area contributed by atoms with Crippen LogP contribution in [0.15, 0.2) is 18.2 Å².